The molecule has 1 heterocycles. The van der Waals surface area contributed by atoms with E-state index in [9.17, 15) is 9.00 Å². The molecule has 5 nitrogen and oxygen atoms in total. The van der Waals surface area contributed by atoms with Crippen molar-refractivity contribution in [2.75, 3.05) is 11.6 Å². The minimum atomic E-state index is -1.05. The van der Waals surface area contributed by atoms with Crippen molar-refractivity contribution < 1.29 is 13.4 Å². The van der Waals surface area contributed by atoms with Crippen molar-refractivity contribution in [2.24, 2.45) is 0 Å². The summed E-state index contributed by atoms with van der Waals surface area (Å²) >= 11 is 0. The lowest BCUT2D eigenvalue weighted by molar-refractivity contribution is 0.102. The predicted molar refractivity (Wildman–Crippen MR) is 92.7 cm³/mol. The highest BCUT2D eigenvalue weighted by atomic mass is 32.2. The van der Waals surface area contributed by atoms with Gasteiger partial charge in [0, 0.05) is 39.1 Å². The highest BCUT2D eigenvalue weighted by Crippen LogP contribution is 2.40. The van der Waals surface area contributed by atoms with E-state index < -0.39 is 10.8 Å². The van der Waals surface area contributed by atoms with E-state index in [1.54, 1.807) is 36.6 Å². The van der Waals surface area contributed by atoms with Gasteiger partial charge in [0.1, 0.15) is 5.52 Å². The fourth-order valence-electron chi connectivity index (χ4n) is 2.53. The van der Waals surface area contributed by atoms with E-state index in [0.717, 1.165) is 29.8 Å². The van der Waals surface area contributed by atoms with Gasteiger partial charge in [-0.15, -0.1) is 0 Å². The number of benzene rings is 2. The van der Waals surface area contributed by atoms with Gasteiger partial charge in [0.15, 0.2) is 11.5 Å². The summed E-state index contributed by atoms with van der Waals surface area (Å²) in [4.78, 5) is 17.5. The molecule has 0 saturated heterocycles. The molecular formula is C18H16N2O3S. The van der Waals surface area contributed by atoms with E-state index in [-0.39, 0.29) is 5.91 Å². The maximum atomic E-state index is 12.3. The zero-order valence-corrected chi connectivity index (χ0v) is 13.9. The maximum Gasteiger partial charge on any atom is 0.255 e. The van der Waals surface area contributed by atoms with Crippen LogP contribution in [0, 0.1) is 0 Å². The van der Waals surface area contributed by atoms with Crippen LogP contribution in [-0.2, 0) is 10.8 Å². The molecule has 1 aromatic heterocycles. The number of amides is 1. The Morgan fingerprint density at radius 3 is 2.62 bits per heavy atom. The van der Waals surface area contributed by atoms with E-state index in [1.807, 2.05) is 12.1 Å². The number of aromatic nitrogens is 1. The summed E-state index contributed by atoms with van der Waals surface area (Å²) in [6.07, 6.45) is 3.88. The van der Waals surface area contributed by atoms with Crippen LogP contribution in [-0.4, -0.2) is 21.4 Å². The monoisotopic (exact) mass is 340 g/mol. The third-order valence-corrected chi connectivity index (χ3v) is 4.97. The fourth-order valence-corrected chi connectivity index (χ4v) is 3.05. The molecule has 3 aromatic rings. The van der Waals surface area contributed by atoms with Crippen molar-refractivity contribution >= 4 is 33.5 Å². The molecule has 1 atom stereocenters. The molecule has 1 aliphatic carbocycles. The molecule has 1 fully saturated rings. The van der Waals surface area contributed by atoms with Crippen molar-refractivity contribution in [2.45, 2.75) is 23.7 Å². The van der Waals surface area contributed by atoms with Crippen molar-refractivity contribution in [3.05, 3.63) is 53.9 Å². The van der Waals surface area contributed by atoms with Crippen LogP contribution in [0.3, 0.4) is 0 Å². The first-order valence-corrected chi connectivity index (χ1v) is 9.31. The number of hydrogen-bond acceptors (Lipinski definition) is 4. The summed E-state index contributed by atoms with van der Waals surface area (Å²) in [7, 11) is -1.05. The fraction of sp³-hybridized carbons (Fsp3) is 0.222. The van der Waals surface area contributed by atoms with Crippen LogP contribution in [0.5, 0.6) is 0 Å². The Morgan fingerprint density at radius 2 is 1.96 bits per heavy atom. The first-order chi connectivity index (χ1) is 11.6. The van der Waals surface area contributed by atoms with E-state index in [0.29, 0.717) is 22.1 Å². The average Bonchev–Trinajstić information content (AvgIpc) is 3.34. The van der Waals surface area contributed by atoms with Crippen molar-refractivity contribution in [3.8, 4) is 0 Å². The molecule has 0 bridgehead atoms. The Balaban J connectivity index is 1.54. The van der Waals surface area contributed by atoms with Gasteiger partial charge in [-0.2, -0.15) is 0 Å². The first-order valence-electron chi connectivity index (χ1n) is 7.75. The number of carbonyl (C=O) groups is 1. The SMILES string of the molecule is CS(=O)c1ccc(C(=O)Nc2ccc3oc(C4CC4)nc3c2)cc1. The van der Waals surface area contributed by atoms with Gasteiger partial charge in [0.25, 0.3) is 5.91 Å². The third-order valence-electron chi connectivity index (χ3n) is 4.04. The number of carbonyl (C=O) groups excluding carboxylic acids is 1. The predicted octanol–water partition coefficient (Wildman–Crippen LogP) is 3.69. The van der Waals surface area contributed by atoms with E-state index >= 15 is 0 Å². The topological polar surface area (TPSA) is 72.2 Å². The zero-order valence-electron chi connectivity index (χ0n) is 13.1. The van der Waals surface area contributed by atoms with Crippen LogP contribution >= 0.6 is 0 Å². The number of nitrogens with one attached hydrogen (secondary N) is 1. The largest absolute Gasteiger partial charge is 0.440 e. The summed E-state index contributed by atoms with van der Waals surface area (Å²) in [5.74, 6) is 1.03. The molecule has 24 heavy (non-hydrogen) atoms. The van der Waals surface area contributed by atoms with Crippen LogP contribution in [0.1, 0.15) is 35.0 Å². The average molecular weight is 340 g/mol. The summed E-state index contributed by atoms with van der Waals surface area (Å²) in [5, 5.41) is 2.86. The van der Waals surface area contributed by atoms with Gasteiger partial charge in [-0.3, -0.25) is 9.00 Å². The molecular weight excluding hydrogens is 324 g/mol. The smallest absolute Gasteiger partial charge is 0.255 e. The number of hydrogen-bond donors (Lipinski definition) is 1. The number of rotatable bonds is 4. The van der Waals surface area contributed by atoms with Crippen molar-refractivity contribution in [1.29, 1.82) is 0 Å². The van der Waals surface area contributed by atoms with Crippen molar-refractivity contribution in [3.63, 3.8) is 0 Å². The first kappa shape index (κ1) is 15.1. The molecule has 2 aromatic carbocycles. The van der Waals surface area contributed by atoms with Gasteiger partial charge in [-0.05, 0) is 55.3 Å². The van der Waals surface area contributed by atoms with Crippen LogP contribution in [0.25, 0.3) is 11.1 Å². The Bertz CT molecular complexity index is 943. The second kappa shape index (κ2) is 5.87. The van der Waals surface area contributed by atoms with Gasteiger partial charge in [0.05, 0.1) is 0 Å². The number of anilines is 1. The number of fused-ring (bicyclic) bond motifs is 1. The summed E-state index contributed by atoms with van der Waals surface area (Å²) in [6, 6.07) is 12.2. The van der Waals surface area contributed by atoms with Crippen LogP contribution in [0.15, 0.2) is 51.8 Å². The molecule has 1 N–H and O–H groups in total. The molecule has 0 radical (unpaired) electrons. The summed E-state index contributed by atoms with van der Waals surface area (Å²) in [5.41, 5.74) is 2.69. The zero-order chi connectivity index (χ0) is 16.7. The Morgan fingerprint density at radius 1 is 1.21 bits per heavy atom. The second-order valence-electron chi connectivity index (χ2n) is 5.94. The van der Waals surface area contributed by atoms with E-state index in [2.05, 4.69) is 10.3 Å². The third kappa shape index (κ3) is 2.97. The summed E-state index contributed by atoms with van der Waals surface area (Å²) < 4.78 is 17.1. The lowest BCUT2D eigenvalue weighted by Gasteiger charge is -2.05. The number of oxazole rings is 1. The molecule has 1 aliphatic rings. The van der Waals surface area contributed by atoms with Crippen LogP contribution in [0.2, 0.25) is 0 Å². The molecule has 1 amide bonds. The van der Waals surface area contributed by atoms with Crippen LogP contribution < -0.4 is 5.32 Å². The van der Waals surface area contributed by atoms with Gasteiger partial charge >= 0.3 is 0 Å². The lowest BCUT2D eigenvalue weighted by atomic mass is 10.2. The van der Waals surface area contributed by atoms with Gasteiger partial charge in [-0.25, -0.2) is 4.98 Å². The Kier molecular flexibility index (Phi) is 3.69. The number of nitrogens with zero attached hydrogens (tertiary/aromatic N) is 1. The van der Waals surface area contributed by atoms with Gasteiger partial charge in [-0.1, -0.05) is 0 Å². The van der Waals surface area contributed by atoms with Gasteiger partial charge in [0.2, 0.25) is 0 Å². The quantitative estimate of drug-likeness (QED) is 0.786. The highest BCUT2D eigenvalue weighted by Gasteiger charge is 2.28. The lowest BCUT2D eigenvalue weighted by Crippen LogP contribution is -2.11. The van der Waals surface area contributed by atoms with E-state index in [1.165, 1.54) is 0 Å². The molecule has 0 aliphatic heterocycles. The Hall–Kier alpha value is -2.47. The molecule has 122 valence electrons. The highest BCUT2D eigenvalue weighted by molar-refractivity contribution is 7.84. The van der Waals surface area contributed by atoms with Crippen LogP contribution in [0.4, 0.5) is 5.69 Å². The minimum Gasteiger partial charge on any atom is -0.440 e. The standard InChI is InChI=1S/C18H16N2O3S/c1-24(22)14-7-4-11(5-8-14)17(21)19-13-6-9-16-15(10-13)20-18(23-16)12-2-3-12/h4-10,12H,2-3H2,1H3,(H,19,21). The normalized spacial score (nSPS) is 15.4. The molecule has 6 heteroatoms. The molecule has 0 spiro atoms. The molecule has 1 unspecified atom stereocenters. The molecule has 1 saturated carbocycles. The molecule has 4 rings (SSSR count). The Labute approximate surface area is 141 Å². The minimum absolute atomic E-state index is 0.214. The summed E-state index contributed by atoms with van der Waals surface area (Å²) in [6.45, 7) is 0. The van der Waals surface area contributed by atoms with E-state index in [4.69, 9.17) is 4.42 Å². The maximum absolute atomic E-state index is 12.3. The second-order valence-corrected chi connectivity index (χ2v) is 7.32. The van der Waals surface area contributed by atoms with Gasteiger partial charge < -0.3 is 9.73 Å². The van der Waals surface area contributed by atoms with Crippen molar-refractivity contribution in [1.82, 2.24) is 4.98 Å².